The van der Waals surface area contributed by atoms with Crippen molar-refractivity contribution in [1.29, 1.82) is 0 Å². The number of carbonyl (C=O) groups excluding carboxylic acids is 2. The smallest absolute Gasteiger partial charge is 0.252 e. The minimum atomic E-state index is -0.555. The fraction of sp³-hybridized carbons (Fsp3) is 0.389. The fourth-order valence-electron chi connectivity index (χ4n) is 3.87. The zero-order valence-corrected chi connectivity index (χ0v) is 14.0. The highest BCUT2D eigenvalue weighted by molar-refractivity contribution is 6.01. The summed E-state index contributed by atoms with van der Waals surface area (Å²) in [5.41, 5.74) is 5.71. The van der Waals surface area contributed by atoms with Crippen LogP contribution in [0.5, 0.6) is 11.6 Å². The second-order valence-electron chi connectivity index (χ2n) is 6.64. The van der Waals surface area contributed by atoms with E-state index in [1.807, 2.05) is 0 Å². The third kappa shape index (κ3) is 2.47. The molecule has 0 unspecified atom stereocenters. The van der Waals surface area contributed by atoms with E-state index in [9.17, 15) is 9.59 Å². The number of nitrogens with one attached hydrogen (secondary N) is 1. The summed E-state index contributed by atoms with van der Waals surface area (Å²) in [5, 5.41) is 4.49. The predicted octanol–water partition coefficient (Wildman–Crippen LogP) is 1.10. The Morgan fingerprint density at radius 2 is 2.20 bits per heavy atom. The second kappa shape index (κ2) is 5.61. The van der Waals surface area contributed by atoms with Crippen LogP contribution in [0.15, 0.2) is 24.4 Å². The summed E-state index contributed by atoms with van der Waals surface area (Å²) >= 11 is 0. The van der Waals surface area contributed by atoms with Crippen LogP contribution in [0, 0.1) is 17.8 Å². The van der Waals surface area contributed by atoms with Gasteiger partial charge in [0.1, 0.15) is 12.4 Å². The highest BCUT2D eigenvalue weighted by Crippen LogP contribution is 2.52. The SMILES string of the molecule is COc1cc2c(OC[C@H]3NC(=O)[C@@H]4[C@H](C)[C@@H]43)nccc2cc1C(N)=O. The van der Waals surface area contributed by atoms with Crippen molar-refractivity contribution in [2.24, 2.45) is 23.5 Å². The summed E-state index contributed by atoms with van der Waals surface area (Å²) in [6, 6.07) is 5.16. The molecule has 0 radical (unpaired) electrons. The molecule has 4 atom stereocenters. The van der Waals surface area contributed by atoms with E-state index in [1.54, 1.807) is 24.4 Å². The van der Waals surface area contributed by atoms with Gasteiger partial charge in [0, 0.05) is 17.5 Å². The first-order chi connectivity index (χ1) is 12.0. The zero-order valence-electron chi connectivity index (χ0n) is 14.0. The fourth-order valence-corrected chi connectivity index (χ4v) is 3.87. The molecule has 0 bridgehead atoms. The van der Waals surface area contributed by atoms with Crippen molar-refractivity contribution < 1.29 is 19.1 Å². The Bertz CT molecular complexity index is 882. The number of hydrogen-bond donors (Lipinski definition) is 2. The molecule has 1 aliphatic carbocycles. The predicted molar refractivity (Wildman–Crippen MR) is 90.4 cm³/mol. The molecule has 130 valence electrons. The Labute approximate surface area is 144 Å². The maximum Gasteiger partial charge on any atom is 0.252 e. The van der Waals surface area contributed by atoms with Crippen molar-refractivity contribution in [3.8, 4) is 11.6 Å². The maximum absolute atomic E-state index is 11.8. The summed E-state index contributed by atoms with van der Waals surface area (Å²) in [5.74, 6) is 1.28. The van der Waals surface area contributed by atoms with Crippen molar-refractivity contribution in [3.63, 3.8) is 0 Å². The number of ether oxygens (including phenoxy) is 2. The number of piperidine rings is 1. The topological polar surface area (TPSA) is 104 Å². The number of fused-ring (bicyclic) bond motifs is 2. The highest BCUT2D eigenvalue weighted by Gasteiger charge is 2.61. The third-order valence-electron chi connectivity index (χ3n) is 5.26. The molecule has 25 heavy (non-hydrogen) atoms. The molecule has 1 aromatic heterocycles. The number of pyridine rings is 1. The number of aromatic nitrogens is 1. The molecular weight excluding hydrogens is 322 g/mol. The second-order valence-corrected chi connectivity index (χ2v) is 6.64. The van der Waals surface area contributed by atoms with Crippen LogP contribution >= 0.6 is 0 Å². The van der Waals surface area contributed by atoms with E-state index in [0.29, 0.717) is 35.6 Å². The van der Waals surface area contributed by atoms with E-state index in [-0.39, 0.29) is 17.9 Å². The number of carbonyl (C=O) groups is 2. The lowest BCUT2D eigenvalue weighted by Gasteiger charge is -2.16. The number of nitrogens with zero attached hydrogens (tertiary/aromatic N) is 1. The summed E-state index contributed by atoms with van der Waals surface area (Å²) in [6.07, 6.45) is 1.62. The Hall–Kier alpha value is -2.83. The van der Waals surface area contributed by atoms with E-state index >= 15 is 0 Å². The molecule has 1 aliphatic heterocycles. The first-order valence-corrected chi connectivity index (χ1v) is 8.21. The molecule has 7 heteroatoms. The van der Waals surface area contributed by atoms with Gasteiger partial charge in [-0.05, 0) is 35.4 Å². The Morgan fingerprint density at radius 1 is 1.40 bits per heavy atom. The third-order valence-corrected chi connectivity index (χ3v) is 5.26. The van der Waals surface area contributed by atoms with Crippen LogP contribution in [-0.2, 0) is 4.79 Å². The number of amides is 2. The van der Waals surface area contributed by atoms with Gasteiger partial charge < -0.3 is 20.5 Å². The van der Waals surface area contributed by atoms with Gasteiger partial charge >= 0.3 is 0 Å². The standard InChI is InChI=1S/C18H19N3O4/c1-8-14-12(21-17(23)15(8)14)7-25-18-10-6-13(24-2)11(16(19)22)5-9(10)3-4-20-18/h3-6,8,12,14-15H,7H2,1-2H3,(H2,19,22)(H,21,23)/t8-,12-,14-,15-/m1/s1. The minimum Gasteiger partial charge on any atom is -0.496 e. The number of rotatable bonds is 5. The monoisotopic (exact) mass is 341 g/mol. The molecule has 4 rings (SSSR count). The van der Waals surface area contributed by atoms with Crippen LogP contribution in [0.25, 0.3) is 10.8 Å². The van der Waals surface area contributed by atoms with Crippen molar-refractivity contribution in [2.45, 2.75) is 13.0 Å². The molecule has 2 fully saturated rings. The van der Waals surface area contributed by atoms with E-state index in [2.05, 4.69) is 17.2 Å². The van der Waals surface area contributed by atoms with Gasteiger partial charge in [0.2, 0.25) is 11.8 Å². The lowest BCUT2D eigenvalue weighted by molar-refractivity contribution is -0.121. The van der Waals surface area contributed by atoms with Gasteiger partial charge in [-0.2, -0.15) is 0 Å². The van der Waals surface area contributed by atoms with Crippen LogP contribution in [0.1, 0.15) is 17.3 Å². The minimum absolute atomic E-state index is 0.0105. The molecule has 2 aromatic rings. The quantitative estimate of drug-likeness (QED) is 0.848. The van der Waals surface area contributed by atoms with Crippen molar-refractivity contribution >= 4 is 22.6 Å². The van der Waals surface area contributed by atoms with E-state index in [4.69, 9.17) is 15.2 Å². The van der Waals surface area contributed by atoms with Crippen LogP contribution < -0.4 is 20.5 Å². The summed E-state index contributed by atoms with van der Waals surface area (Å²) in [7, 11) is 1.48. The molecule has 2 amide bonds. The first-order valence-electron chi connectivity index (χ1n) is 8.21. The van der Waals surface area contributed by atoms with Crippen molar-refractivity contribution in [3.05, 3.63) is 30.0 Å². The molecule has 1 saturated heterocycles. The Morgan fingerprint density at radius 3 is 2.84 bits per heavy atom. The van der Waals surface area contributed by atoms with Crippen LogP contribution in [-0.4, -0.2) is 36.6 Å². The van der Waals surface area contributed by atoms with E-state index in [1.165, 1.54) is 7.11 Å². The number of nitrogens with two attached hydrogens (primary N) is 1. The van der Waals surface area contributed by atoms with Gasteiger partial charge in [0.15, 0.2) is 0 Å². The Balaban J connectivity index is 1.61. The van der Waals surface area contributed by atoms with E-state index in [0.717, 1.165) is 10.8 Å². The summed E-state index contributed by atoms with van der Waals surface area (Å²) in [6.45, 7) is 2.46. The molecular formula is C18H19N3O4. The number of primary amides is 1. The van der Waals surface area contributed by atoms with Crippen LogP contribution in [0.4, 0.5) is 0 Å². The van der Waals surface area contributed by atoms with Gasteiger partial charge in [-0.15, -0.1) is 0 Å². The number of benzene rings is 1. The highest BCUT2D eigenvalue weighted by atomic mass is 16.5. The Kier molecular flexibility index (Phi) is 3.52. The van der Waals surface area contributed by atoms with Gasteiger partial charge in [0.05, 0.1) is 18.7 Å². The lowest BCUT2D eigenvalue weighted by Crippen LogP contribution is -2.36. The molecule has 1 saturated carbocycles. The normalized spacial score (nSPS) is 26.9. The van der Waals surface area contributed by atoms with Crippen LogP contribution in [0.3, 0.4) is 0 Å². The summed E-state index contributed by atoms with van der Waals surface area (Å²) in [4.78, 5) is 27.7. The largest absolute Gasteiger partial charge is 0.496 e. The molecule has 7 nitrogen and oxygen atoms in total. The molecule has 0 spiro atoms. The van der Waals surface area contributed by atoms with E-state index < -0.39 is 5.91 Å². The van der Waals surface area contributed by atoms with Gasteiger partial charge in [-0.25, -0.2) is 4.98 Å². The lowest BCUT2D eigenvalue weighted by atomic mass is 10.1. The van der Waals surface area contributed by atoms with Gasteiger partial charge in [-0.3, -0.25) is 9.59 Å². The number of hydrogen-bond acceptors (Lipinski definition) is 5. The summed E-state index contributed by atoms with van der Waals surface area (Å²) < 4.78 is 11.2. The average molecular weight is 341 g/mol. The molecule has 3 N–H and O–H groups in total. The first kappa shape index (κ1) is 15.7. The average Bonchev–Trinajstić information content (AvgIpc) is 3.15. The molecule has 2 aliphatic rings. The number of methoxy groups -OCH3 is 1. The van der Waals surface area contributed by atoms with Gasteiger partial charge in [0.25, 0.3) is 5.91 Å². The van der Waals surface area contributed by atoms with Crippen molar-refractivity contribution in [2.75, 3.05) is 13.7 Å². The van der Waals surface area contributed by atoms with Crippen molar-refractivity contribution in [1.82, 2.24) is 10.3 Å². The van der Waals surface area contributed by atoms with Crippen LogP contribution in [0.2, 0.25) is 0 Å². The van der Waals surface area contributed by atoms with Gasteiger partial charge in [-0.1, -0.05) is 6.92 Å². The maximum atomic E-state index is 11.8. The molecule has 2 heterocycles. The zero-order chi connectivity index (χ0) is 17.7. The molecule has 1 aromatic carbocycles.